The number of methoxy groups -OCH3 is 5. The number of rotatable bonds is 14. The van der Waals surface area contributed by atoms with E-state index in [1.807, 2.05) is 91.0 Å². The van der Waals surface area contributed by atoms with E-state index in [-0.39, 0.29) is 12.0 Å². The summed E-state index contributed by atoms with van der Waals surface area (Å²) in [4.78, 5) is 14.1. The first-order valence-electron chi connectivity index (χ1n) is 17.7. The summed E-state index contributed by atoms with van der Waals surface area (Å²) in [5.41, 5.74) is 1.44. The standard InChI is InChI=1S/C45H40O11/c1-47-33-25-35(48-2)34-27-41(56-45(46)29-23-37(49-3)43(51-5)38(24-29)50-4)42(55-36(34)26-33)28-21-39(52-30-15-9-6-10-16-30)44(54-32-19-13-8-14-20-32)40(22-28)53-31-17-11-7-12-18-31/h6-26,41-42H,27H2,1-5H3. The number of benzene rings is 6. The summed E-state index contributed by atoms with van der Waals surface area (Å²) < 4.78 is 60.6. The second-order valence-corrected chi connectivity index (χ2v) is 12.5. The predicted octanol–water partition coefficient (Wildman–Crippen LogP) is 10.0. The summed E-state index contributed by atoms with van der Waals surface area (Å²) in [6.45, 7) is 0. The van der Waals surface area contributed by atoms with Gasteiger partial charge in [0.05, 0.1) is 41.1 Å². The normalized spacial score (nSPS) is 14.3. The van der Waals surface area contributed by atoms with Gasteiger partial charge in [-0.3, -0.25) is 0 Å². The van der Waals surface area contributed by atoms with E-state index in [0.29, 0.717) is 80.1 Å². The lowest BCUT2D eigenvalue weighted by atomic mass is 9.93. The van der Waals surface area contributed by atoms with Gasteiger partial charge < -0.3 is 47.4 Å². The lowest BCUT2D eigenvalue weighted by Crippen LogP contribution is -2.35. The molecule has 0 spiro atoms. The third-order valence-corrected chi connectivity index (χ3v) is 9.03. The largest absolute Gasteiger partial charge is 0.496 e. The highest BCUT2D eigenvalue weighted by molar-refractivity contribution is 5.91. The highest BCUT2D eigenvalue weighted by Gasteiger charge is 2.38. The first-order valence-corrected chi connectivity index (χ1v) is 17.7. The molecule has 0 fully saturated rings. The van der Waals surface area contributed by atoms with Crippen LogP contribution in [-0.4, -0.2) is 47.6 Å². The van der Waals surface area contributed by atoms with E-state index in [0.717, 1.165) is 0 Å². The molecule has 0 bridgehead atoms. The van der Waals surface area contributed by atoms with Gasteiger partial charge in [0.15, 0.2) is 29.1 Å². The zero-order chi connectivity index (χ0) is 39.0. The number of hydrogen-bond acceptors (Lipinski definition) is 11. The molecule has 0 N–H and O–H groups in total. The third-order valence-electron chi connectivity index (χ3n) is 9.03. The molecule has 0 saturated carbocycles. The van der Waals surface area contributed by atoms with E-state index >= 15 is 0 Å². The van der Waals surface area contributed by atoms with Crippen molar-refractivity contribution in [2.45, 2.75) is 18.6 Å². The highest BCUT2D eigenvalue weighted by atomic mass is 16.6. The fourth-order valence-electron chi connectivity index (χ4n) is 6.36. The Labute approximate surface area is 324 Å². The van der Waals surface area contributed by atoms with Crippen LogP contribution in [0.4, 0.5) is 0 Å². The molecular weight excluding hydrogens is 716 g/mol. The summed E-state index contributed by atoms with van der Waals surface area (Å²) in [6.07, 6.45) is -1.58. The zero-order valence-corrected chi connectivity index (χ0v) is 31.5. The molecule has 0 aliphatic carbocycles. The van der Waals surface area contributed by atoms with Gasteiger partial charge in [-0.1, -0.05) is 54.6 Å². The van der Waals surface area contributed by atoms with E-state index < -0.39 is 18.2 Å². The number of carbonyl (C=O) groups excluding carboxylic acids is 1. The first-order chi connectivity index (χ1) is 27.4. The smallest absolute Gasteiger partial charge is 0.338 e. The third kappa shape index (κ3) is 8.07. The topological polar surface area (TPSA) is 109 Å². The molecule has 11 heteroatoms. The van der Waals surface area contributed by atoms with Crippen LogP contribution >= 0.6 is 0 Å². The van der Waals surface area contributed by atoms with Gasteiger partial charge in [0.25, 0.3) is 0 Å². The van der Waals surface area contributed by atoms with Crippen LogP contribution in [0.15, 0.2) is 127 Å². The monoisotopic (exact) mass is 756 g/mol. The summed E-state index contributed by atoms with van der Waals surface area (Å²) >= 11 is 0. The Morgan fingerprint density at radius 3 is 1.52 bits per heavy atom. The van der Waals surface area contributed by atoms with E-state index in [1.165, 1.54) is 33.5 Å². The fourth-order valence-corrected chi connectivity index (χ4v) is 6.36. The van der Waals surface area contributed by atoms with Crippen LogP contribution in [-0.2, 0) is 11.2 Å². The molecule has 1 heterocycles. The van der Waals surface area contributed by atoms with E-state index in [2.05, 4.69) is 0 Å². The second-order valence-electron chi connectivity index (χ2n) is 12.5. The van der Waals surface area contributed by atoms with E-state index in [9.17, 15) is 4.79 Å². The van der Waals surface area contributed by atoms with Gasteiger partial charge in [0.2, 0.25) is 11.5 Å². The molecule has 0 amide bonds. The maximum atomic E-state index is 14.1. The average molecular weight is 757 g/mol. The lowest BCUT2D eigenvalue weighted by Gasteiger charge is -2.35. The Kier molecular flexibility index (Phi) is 11.3. The van der Waals surface area contributed by atoms with Crippen LogP contribution in [0.25, 0.3) is 0 Å². The quantitative estimate of drug-likeness (QED) is 0.0991. The van der Waals surface area contributed by atoms with Crippen molar-refractivity contribution in [3.8, 4) is 69.0 Å². The number of carbonyl (C=O) groups is 1. The Morgan fingerprint density at radius 1 is 0.518 bits per heavy atom. The molecular formula is C45H40O11. The van der Waals surface area contributed by atoms with Crippen molar-refractivity contribution >= 4 is 5.97 Å². The number of ether oxygens (including phenoxy) is 10. The fraction of sp³-hybridized carbons (Fsp3) is 0.178. The predicted molar refractivity (Wildman–Crippen MR) is 208 cm³/mol. The van der Waals surface area contributed by atoms with Crippen LogP contribution in [0.1, 0.15) is 27.6 Å². The van der Waals surface area contributed by atoms with Crippen molar-refractivity contribution in [2.75, 3.05) is 35.5 Å². The summed E-state index contributed by atoms with van der Waals surface area (Å²) in [5, 5.41) is 0. The van der Waals surface area contributed by atoms with Crippen LogP contribution in [0.3, 0.4) is 0 Å². The number of hydrogen-bond donors (Lipinski definition) is 0. The molecule has 0 radical (unpaired) electrons. The first kappa shape index (κ1) is 37.3. The summed E-state index contributed by atoms with van der Waals surface area (Å²) in [5.74, 6) is 4.48. The number of fused-ring (bicyclic) bond motifs is 1. The van der Waals surface area contributed by atoms with Crippen LogP contribution < -0.4 is 42.6 Å². The minimum atomic E-state index is -0.897. The van der Waals surface area contributed by atoms with Crippen molar-refractivity contribution in [3.05, 3.63) is 144 Å². The Bertz CT molecular complexity index is 2190. The molecule has 6 aromatic carbocycles. The average Bonchev–Trinajstić information content (AvgIpc) is 3.24. The summed E-state index contributed by atoms with van der Waals surface area (Å²) in [6, 6.07) is 38.2. The van der Waals surface area contributed by atoms with Gasteiger partial charge in [-0.2, -0.15) is 0 Å². The zero-order valence-electron chi connectivity index (χ0n) is 31.5. The number of esters is 1. The van der Waals surface area contributed by atoms with Crippen molar-refractivity contribution in [2.24, 2.45) is 0 Å². The molecule has 11 nitrogen and oxygen atoms in total. The van der Waals surface area contributed by atoms with Gasteiger partial charge >= 0.3 is 5.97 Å². The molecule has 286 valence electrons. The molecule has 56 heavy (non-hydrogen) atoms. The summed E-state index contributed by atoms with van der Waals surface area (Å²) in [7, 11) is 7.57. The van der Waals surface area contributed by atoms with Gasteiger partial charge in [0.1, 0.15) is 40.6 Å². The molecule has 0 aromatic heterocycles. The second kappa shape index (κ2) is 17.0. The minimum Gasteiger partial charge on any atom is -0.496 e. The molecule has 0 saturated heterocycles. The van der Waals surface area contributed by atoms with E-state index in [1.54, 1.807) is 38.5 Å². The molecule has 6 aromatic rings. The van der Waals surface area contributed by atoms with Crippen molar-refractivity contribution in [1.82, 2.24) is 0 Å². The van der Waals surface area contributed by atoms with Gasteiger partial charge in [-0.15, -0.1) is 0 Å². The molecule has 2 atom stereocenters. The van der Waals surface area contributed by atoms with Gasteiger partial charge in [-0.05, 0) is 60.7 Å². The maximum absolute atomic E-state index is 14.1. The van der Waals surface area contributed by atoms with Crippen molar-refractivity contribution < 1.29 is 52.2 Å². The van der Waals surface area contributed by atoms with Crippen molar-refractivity contribution in [1.29, 1.82) is 0 Å². The van der Waals surface area contributed by atoms with Crippen LogP contribution in [0.2, 0.25) is 0 Å². The Balaban J connectivity index is 1.38. The van der Waals surface area contributed by atoms with Gasteiger partial charge in [-0.25, -0.2) is 4.79 Å². The lowest BCUT2D eigenvalue weighted by molar-refractivity contribution is -0.0189. The molecule has 1 aliphatic heterocycles. The maximum Gasteiger partial charge on any atom is 0.338 e. The Hall–Kier alpha value is -7.01. The minimum absolute atomic E-state index is 0.179. The molecule has 1 aliphatic rings. The van der Waals surface area contributed by atoms with Crippen LogP contribution in [0.5, 0.6) is 69.0 Å². The van der Waals surface area contributed by atoms with Gasteiger partial charge in [0, 0.05) is 29.7 Å². The highest BCUT2D eigenvalue weighted by Crippen LogP contribution is 2.50. The Morgan fingerprint density at radius 2 is 1.04 bits per heavy atom. The van der Waals surface area contributed by atoms with Crippen molar-refractivity contribution in [3.63, 3.8) is 0 Å². The van der Waals surface area contributed by atoms with Crippen LogP contribution in [0, 0.1) is 0 Å². The SMILES string of the molecule is COc1cc(OC)c2c(c1)OC(c1cc(Oc3ccccc3)c(Oc3ccccc3)c(Oc3ccccc3)c1)C(OC(=O)c1cc(OC)c(OC)c(OC)c1)C2. The molecule has 7 rings (SSSR count). The van der Waals surface area contributed by atoms with E-state index in [4.69, 9.17) is 47.4 Å². The number of para-hydroxylation sites is 3. The molecule has 2 unspecified atom stereocenters.